The van der Waals surface area contributed by atoms with Crippen molar-refractivity contribution in [2.75, 3.05) is 18.8 Å². The van der Waals surface area contributed by atoms with Crippen molar-refractivity contribution in [1.29, 1.82) is 0 Å². The third kappa shape index (κ3) is 4.83. The molecule has 5 heteroatoms. The van der Waals surface area contributed by atoms with Crippen molar-refractivity contribution in [2.45, 2.75) is 50.2 Å². The van der Waals surface area contributed by atoms with E-state index in [1.54, 1.807) is 6.07 Å². The molecule has 1 atom stereocenters. The third-order valence-electron chi connectivity index (χ3n) is 4.74. The number of amides is 1. The average Bonchev–Trinajstić information content (AvgIpc) is 2.97. The molecule has 1 saturated heterocycles. The zero-order chi connectivity index (χ0) is 16.1. The van der Waals surface area contributed by atoms with Gasteiger partial charge in [0.2, 0.25) is 5.91 Å². The Bertz CT molecular complexity index is 544. The Balaban J connectivity index is 1.42. The second-order valence-corrected chi connectivity index (χ2v) is 9.20. The molecule has 2 heterocycles. The number of rotatable bonds is 5. The number of hydrogen-bond acceptors (Lipinski definition) is 4. The smallest absolute Gasteiger partial charge is 0.222 e. The molecular weight excluding hydrogens is 326 g/mol. The zero-order valence-electron chi connectivity index (χ0n) is 13.5. The molecule has 0 radical (unpaired) electrons. The van der Waals surface area contributed by atoms with E-state index >= 15 is 0 Å². The van der Waals surface area contributed by atoms with E-state index in [-0.39, 0.29) is 0 Å². The van der Waals surface area contributed by atoms with Crippen LogP contribution in [0.2, 0.25) is 0 Å². The number of phenols is 1. The molecule has 2 aliphatic rings. The van der Waals surface area contributed by atoms with Crippen molar-refractivity contribution < 1.29 is 9.90 Å². The van der Waals surface area contributed by atoms with Gasteiger partial charge >= 0.3 is 0 Å². The highest BCUT2D eigenvalue weighted by atomic mass is 33.1. The van der Waals surface area contributed by atoms with Crippen molar-refractivity contribution in [3.8, 4) is 5.75 Å². The van der Waals surface area contributed by atoms with Crippen LogP contribution in [-0.2, 0) is 17.6 Å². The first kappa shape index (κ1) is 17.0. The molecule has 1 fully saturated rings. The van der Waals surface area contributed by atoms with Crippen molar-refractivity contribution in [3.63, 3.8) is 0 Å². The largest absolute Gasteiger partial charge is 0.508 e. The quantitative estimate of drug-likeness (QED) is 0.642. The number of unbranched alkanes of at least 4 members (excludes halogenated alkanes) is 1. The second kappa shape index (κ2) is 8.34. The van der Waals surface area contributed by atoms with E-state index in [4.69, 9.17) is 0 Å². The molecule has 1 N–H and O–H groups in total. The minimum atomic E-state index is 0.301. The summed E-state index contributed by atoms with van der Waals surface area (Å²) in [5.74, 6) is 1.92. The van der Waals surface area contributed by atoms with Crippen molar-refractivity contribution in [1.82, 2.24) is 4.90 Å². The highest BCUT2D eigenvalue weighted by Gasteiger charge is 2.19. The normalized spacial score (nSPS) is 21.0. The number of benzene rings is 1. The van der Waals surface area contributed by atoms with Gasteiger partial charge in [-0.25, -0.2) is 0 Å². The van der Waals surface area contributed by atoms with E-state index in [1.165, 1.54) is 36.1 Å². The number of nitrogens with zero attached hydrogens (tertiary/aromatic N) is 1. The lowest BCUT2D eigenvalue weighted by Gasteiger charge is -2.20. The maximum Gasteiger partial charge on any atom is 0.222 e. The van der Waals surface area contributed by atoms with E-state index in [9.17, 15) is 9.90 Å². The minimum absolute atomic E-state index is 0.301. The lowest BCUT2D eigenvalue weighted by molar-refractivity contribution is -0.131. The molecule has 0 aromatic heterocycles. The lowest BCUT2D eigenvalue weighted by atomic mass is 10.0. The summed E-state index contributed by atoms with van der Waals surface area (Å²) < 4.78 is 0. The molecule has 3 rings (SSSR count). The number of carbonyl (C=O) groups is 1. The number of fused-ring (bicyclic) bond motifs is 1. The Labute approximate surface area is 146 Å². The van der Waals surface area contributed by atoms with Gasteiger partial charge in [-0.1, -0.05) is 34.1 Å². The van der Waals surface area contributed by atoms with Gasteiger partial charge in [-0.05, 0) is 55.4 Å². The first-order valence-corrected chi connectivity index (χ1v) is 11.0. The number of aromatic hydroxyl groups is 1. The van der Waals surface area contributed by atoms with Crippen LogP contribution >= 0.6 is 21.6 Å². The Morgan fingerprint density at radius 3 is 2.83 bits per heavy atom. The predicted octanol–water partition coefficient (Wildman–Crippen LogP) is 4.03. The van der Waals surface area contributed by atoms with Crippen molar-refractivity contribution >= 4 is 27.5 Å². The first-order chi connectivity index (χ1) is 11.2. The molecule has 23 heavy (non-hydrogen) atoms. The molecule has 1 aromatic rings. The van der Waals surface area contributed by atoms with Crippen LogP contribution in [0.5, 0.6) is 5.75 Å². The molecule has 0 saturated carbocycles. The van der Waals surface area contributed by atoms with Crippen LogP contribution in [0.4, 0.5) is 0 Å². The van der Waals surface area contributed by atoms with Crippen LogP contribution in [0.25, 0.3) is 0 Å². The van der Waals surface area contributed by atoms with Gasteiger partial charge in [0.15, 0.2) is 0 Å². The topological polar surface area (TPSA) is 40.5 Å². The van der Waals surface area contributed by atoms with Crippen molar-refractivity contribution in [3.05, 3.63) is 29.3 Å². The number of hydrogen-bond donors (Lipinski definition) is 1. The summed E-state index contributed by atoms with van der Waals surface area (Å²) in [6.07, 6.45) is 7.22. The highest BCUT2D eigenvalue weighted by Crippen LogP contribution is 2.39. The summed E-state index contributed by atoms with van der Waals surface area (Å²) in [5, 5.41) is 10.4. The maximum absolute atomic E-state index is 12.4. The van der Waals surface area contributed by atoms with Gasteiger partial charge in [-0.15, -0.1) is 0 Å². The second-order valence-electron chi connectivity index (χ2n) is 6.41. The SMILES string of the molecule is O=C(CCCCC1CCSS1)N1CCc2ccc(O)cc2CC1. The predicted molar refractivity (Wildman–Crippen MR) is 99.0 cm³/mol. The lowest BCUT2D eigenvalue weighted by Crippen LogP contribution is -2.33. The fraction of sp³-hybridized carbons (Fsp3) is 0.611. The van der Waals surface area contributed by atoms with Gasteiger partial charge in [0.25, 0.3) is 0 Å². The van der Waals surface area contributed by atoms with E-state index < -0.39 is 0 Å². The fourth-order valence-electron chi connectivity index (χ4n) is 3.33. The molecular formula is C18H25NO2S2. The Morgan fingerprint density at radius 1 is 1.22 bits per heavy atom. The number of carbonyl (C=O) groups excluding carboxylic acids is 1. The number of phenolic OH excluding ortho intramolecular Hbond substituents is 1. The van der Waals surface area contributed by atoms with Crippen molar-refractivity contribution in [2.24, 2.45) is 0 Å². The Hall–Kier alpha value is -0.810. The third-order valence-corrected chi connectivity index (χ3v) is 7.75. The summed E-state index contributed by atoms with van der Waals surface area (Å²) >= 11 is 0. The maximum atomic E-state index is 12.4. The van der Waals surface area contributed by atoms with Crippen LogP contribution in [0.1, 0.15) is 43.2 Å². The fourth-order valence-corrected chi connectivity index (χ4v) is 6.36. The molecule has 1 amide bonds. The zero-order valence-corrected chi connectivity index (χ0v) is 15.1. The van der Waals surface area contributed by atoms with E-state index in [2.05, 4.69) is 0 Å². The molecule has 0 spiro atoms. The van der Waals surface area contributed by atoms with Gasteiger partial charge in [0.05, 0.1) is 0 Å². The first-order valence-electron chi connectivity index (χ1n) is 8.59. The summed E-state index contributed by atoms with van der Waals surface area (Å²) in [7, 11) is 4.02. The molecule has 0 aliphatic carbocycles. The van der Waals surface area contributed by atoms with E-state index in [0.717, 1.165) is 37.6 Å². The van der Waals surface area contributed by atoms with Gasteiger partial charge < -0.3 is 10.0 Å². The molecule has 1 aromatic carbocycles. The summed E-state index contributed by atoms with van der Waals surface area (Å²) in [6, 6.07) is 5.59. The van der Waals surface area contributed by atoms with Crippen LogP contribution in [0.3, 0.4) is 0 Å². The van der Waals surface area contributed by atoms with Gasteiger partial charge in [0.1, 0.15) is 5.75 Å². The molecule has 3 nitrogen and oxygen atoms in total. The minimum Gasteiger partial charge on any atom is -0.508 e. The van der Waals surface area contributed by atoms with Gasteiger partial charge in [-0.3, -0.25) is 4.79 Å². The Morgan fingerprint density at radius 2 is 2.04 bits per heavy atom. The molecule has 1 unspecified atom stereocenters. The van der Waals surface area contributed by atoms with E-state index in [0.29, 0.717) is 18.1 Å². The van der Waals surface area contributed by atoms with Crippen LogP contribution < -0.4 is 0 Å². The highest BCUT2D eigenvalue weighted by molar-refractivity contribution is 8.77. The van der Waals surface area contributed by atoms with Crippen LogP contribution in [0, 0.1) is 0 Å². The molecule has 126 valence electrons. The molecule has 0 bridgehead atoms. The standard InChI is InChI=1S/C18H25NO2S2/c20-16-6-5-14-7-10-19(11-8-15(14)13-16)18(21)4-2-1-3-17-9-12-22-23-17/h5-6,13,17,20H,1-4,7-12H2. The summed E-state index contributed by atoms with van der Waals surface area (Å²) in [5.41, 5.74) is 2.46. The van der Waals surface area contributed by atoms with Gasteiger partial charge in [0, 0.05) is 30.5 Å². The van der Waals surface area contributed by atoms with Crippen LogP contribution in [0.15, 0.2) is 18.2 Å². The molecule has 2 aliphatic heterocycles. The Kier molecular flexibility index (Phi) is 6.17. The van der Waals surface area contributed by atoms with Crippen LogP contribution in [-0.4, -0.2) is 40.0 Å². The monoisotopic (exact) mass is 351 g/mol. The van der Waals surface area contributed by atoms with E-state index in [1.807, 2.05) is 38.6 Å². The summed E-state index contributed by atoms with van der Waals surface area (Å²) in [6.45, 7) is 1.59. The van der Waals surface area contributed by atoms with Gasteiger partial charge in [-0.2, -0.15) is 0 Å². The average molecular weight is 352 g/mol. The summed E-state index contributed by atoms with van der Waals surface area (Å²) in [4.78, 5) is 14.4.